The molecule has 2 N–H and O–H groups in total. The molecule has 1 atom stereocenters. The van der Waals surface area contributed by atoms with Crippen molar-refractivity contribution in [3.63, 3.8) is 0 Å². The lowest BCUT2D eigenvalue weighted by Crippen LogP contribution is -2.52. The number of carboxylic acid groups (broad SMARTS) is 1. The summed E-state index contributed by atoms with van der Waals surface area (Å²) in [5, 5.41) is 12.9. The maximum absolute atomic E-state index is 14.3. The quantitative estimate of drug-likeness (QED) is 0.223. The number of amides is 1. The van der Waals surface area contributed by atoms with Crippen LogP contribution in [0.5, 0.6) is 0 Å². The summed E-state index contributed by atoms with van der Waals surface area (Å²) >= 11 is 2.20. The van der Waals surface area contributed by atoms with Gasteiger partial charge in [-0.05, 0) is 57.0 Å². The van der Waals surface area contributed by atoms with Crippen LogP contribution in [0.25, 0.3) is 0 Å². The third-order valence-electron chi connectivity index (χ3n) is 5.89. The van der Waals surface area contributed by atoms with Crippen LogP contribution >= 0.6 is 22.6 Å². The SMILES string of the molecule is O=C(O)[C@@H](Cc1cccc(I)c1)NC(=O)C(c1ccccc1)(c1ccccc1)c1ccccc1. The zero-order valence-electron chi connectivity index (χ0n) is 18.4. The van der Waals surface area contributed by atoms with Crippen LogP contribution in [-0.4, -0.2) is 23.0 Å². The van der Waals surface area contributed by atoms with Crippen LogP contribution in [0.2, 0.25) is 0 Å². The van der Waals surface area contributed by atoms with Crippen molar-refractivity contribution < 1.29 is 14.7 Å². The first-order chi connectivity index (χ1) is 16.5. The molecule has 0 saturated carbocycles. The summed E-state index contributed by atoms with van der Waals surface area (Å²) in [7, 11) is 0. The minimum Gasteiger partial charge on any atom is -0.480 e. The van der Waals surface area contributed by atoms with E-state index in [1.165, 1.54) is 0 Å². The molecule has 0 radical (unpaired) electrons. The van der Waals surface area contributed by atoms with E-state index in [2.05, 4.69) is 27.9 Å². The van der Waals surface area contributed by atoms with Gasteiger partial charge in [0.25, 0.3) is 0 Å². The van der Waals surface area contributed by atoms with Gasteiger partial charge in [-0.2, -0.15) is 0 Å². The monoisotopic (exact) mass is 561 g/mol. The van der Waals surface area contributed by atoms with E-state index in [-0.39, 0.29) is 12.3 Å². The van der Waals surface area contributed by atoms with Gasteiger partial charge in [0.2, 0.25) is 5.91 Å². The highest BCUT2D eigenvalue weighted by Crippen LogP contribution is 2.39. The zero-order valence-corrected chi connectivity index (χ0v) is 20.6. The van der Waals surface area contributed by atoms with Crippen LogP contribution in [0, 0.1) is 3.57 Å². The number of carboxylic acids is 1. The van der Waals surface area contributed by atoms with Crippen molar-refractivity contribution in [1.29, 1.82) is 0 Å². The van der Waals surface area contributed by atoms with Gasteiger partial charge in [-0.15, -0.1) is 0 Å². The number of nitrogens with one attached hydrogen (secondary N) is 1. The first-order valence-corrected chi connectivity index (χ1v) is 12.0. The van der Waals surface area contributed by atoms with Gasteiger partial charge in [0, 0.05) is 9.99 Å². The number of benzene rings is 4. The molecule has 1 amide bonds. The van der Waals surface area contributed by atoms with Gasteiger partial charge >= 0.3 is 5.97 Å². The van der Waals surface area contributed by atoms with Gasteiger partial charge in [-0.1, -0.05) is 103 Å². The summed E-state index contributed by atoms with van der Waals surface area (Å²) in [6, 6.07) is 35.1. The Labute approximate surface area is 212 Å². The first kappa shape index (κ1) is 23.7. The van der Waals surface area contributed by atoms with Crippen LogP contribution in [0.15, 0.2) is 115 Å². The maximum Gasteiger partial charge on any atom is 0.326 e. The molecule has 0 aliphatic heterocycles. The third kappa shape index (κ3) is 4.89. The largest absolute Gasteiger partial charge is 0.480 e. The molecule has 4 aromatic rings. The molecule has 4 rings (SSSR count). The molecule has 0 aliphatic carbocycles. The van der Waals surface area contributed by atoms with E-state index in [1.54, 1.807) is 0 Å². The molecule has 4 nitrogen and oxygen atoms in total. The molecule has 170 valence electrons. The lowest BCUT2D eigenvalue weighted by molar-refractivity contribution is -0.142. The molecule has 0 bridgehead atoms. The molecule has 0 fully saturated rings. The summed E-state index contributed by atoms with van der Waals surface area (Å²) in [5.74, 6) is -1.45. The van der Waals surface area contributed by atoms with E-state index >= 15 is 0 Å². The van der Waals surface area contributed by atoms with Crippen molar-refractivity contribution in [1.82, 2.24) is 5.32 Å². The average molecular weight is 561 g/mol. The van der Waals surface area contributed by atoms with Crippen molar-refractivity contribution in [2.75, 3.05) is 0 Å². The molecule has 34 heavy (non-hydrogen) atoms. The van der Waals surface area contributed by atoms with Gasteiger partial charge in [0.15, 0.2) is 0 Å². The molecule has 0 unspecified atom stereocenters. The summed E-state index contributed by atoms with van der Waals surface area (Å²) in [4.78, 5) is 26.5. The van der Waals surface area contributed by atoms with E-state index in [9.17, 15) is 14.7 Å². The molecule has 5 heteroatoms. The standard InChI is InChI=1S/C29H24INO3/c30-25-18-10-11-21(19-25)20-26(27(32)33)31-28(34)29(22-12-4-1-5-13-22,23-14-6-2-7-15-23)24-16-8-3-9-17-24/h1-19,26H,20H2,(H,31,34)(H,32,33)/t26-/m1/s1. The third-order valence-corrected chi connectivity index (χ3v) is 6.56. The number of hydrogen-bond acceptors (Lipinski definition) is 2. The topological polar surface area (TPSA) is 66.4 Å². The second-order valence-electron chi connectivity index (χ2n) is 8.05. The number of carbonyl (C=O) groups excluding carboxylic acids is 1. The van der Waals surface area contributed by atoms with Crippen LogP contribution < -0.4 is 5.32 Å². The Morgan fingerprint density at radius 1 is 0.735 bits per heavy atom. The lowest BCUT2D eigenvalue weighted by atomic mass is 9.68. The Balaban J connectivity index is 1.84. The molecule has 0 aliphatic rings. The minimum absolute atomic E-state index is 0.187. The van der Waals surface area contributed by atoms with Crippen LogP contribution in [0.1, 0.15) is 22.3 Å². The van der Waals surface area contributed by atoms with Crippen molar-refractivity contribution in [2.24, 2.45) is 0 Å². The molecular formula is C29H24INO3. The highest BCUT2D eigenvalue weighted by Gasteiger charge is 2.45. The number of aliphatic carboxylic acids is 1. The predicted molar refractivity (Wildman–Crippen MR) is 142 cm³/mol. The second-order valence-corrected chi connectivity index (χ2v) is 9.29. The Bertz CT molecular complexity index is 1160. The Morgan fingerprint density at radius 3 is 1.62 bits per heavy atom. The highest BCUT2D eigenvalue weighted by atomic mass is 127. The Hall–Kier alpha value is -3.45. The number of hydrogen-bond donors (Lipinski definition) is 2. The fraction of sp³-hybridized carbons (Fsp3) is 0.103. The number of carbonyl (C=O) groups is 2. The van der Waals surface area contributed by atoms with Crippen molar-refractivity contribution >= 4 is 34.5 Å². The average Bonchev–Trinajstić information content (AvgIpc) is 2.86. The molecule has 0 saturated heterocycles. The summed E-state index contributed by atoms with van der Waals surface area (Å²) in [6.07, 6.45) is 0.187. The van der Waals surface area contributed by atoms with Gasteiger partial charge in [-0.25, -0.2) is 4.79 Å². The van der Waals surface area contributed by atoms with Gasteiger partial charge in [0.1, 0.15) is 11.5 Å². The van der Waals surface area contributed by atoms with E-state index in [0.717, 1.165) is 25.8 Å². The fourth-order valence-corrected chi connectivity index (χ4v) is 4.93. The van der Waals surface area contributed by atoms with E-state index in [4.69, 9.17) is 0 Å². The van der Waals surface area contributed by atoms with E-state index in [0.29, 0.717) is 0 Å². The van der Waals surface area contributed by atoms with E-state index in [1.807, 2.05) is 115 Å². The predicted octanol–water partition coefficient (Wildman–Crippen LogP) is 5.44. The van der Waals surface area contributed by atoms with Gasteiger partial charge in [0.05, 0.1) is 0 Å². The lowest BCUT2D eigenvalue weighted by Gasteiger charge is -2.35. The molecule has 4 aromatic carbocycles. The minimum atomic E-state index is -1.22. The van der Waals surface area contributed by atoms with Crippen LogP contribution in [-0.2, 0) is 21.4 Å². The van der Waals surface area contributed by atoms with Crippen molar-refractivity contribution in [2.45, 2.75) is 17.9 Å². The summed E-state index contributed by atoms with van der Waals surface area (Å²) in [5.41, 5.74) is 1.93. The summed E-state index contributed by atoms with van der Waals surface area (Å²) < 4.78 is 1.01. The van der Waals surface area contributed by atoms with Crippen LogP contribution in [0.3, 0.4) is 0 Å². The van der Waals surface area contributed by atoms with Crippen LogP contribution in [0.4, 0.5) is 0 Å². The first-order valence-electron chi connectivity index (χ1n) is 11.0. The zero-order chi connectivity index (χ0) is 24.0. The van der Waals surface area contributed by atoms with Gasteiger partial charge in [-0.3, -0.25) is 4.79 Å². The summed E-state index contributed by atoms with van der Waals surface area (Å²) in [6.45, 7) is 0. The second kappa shape index (κ2) is 10.7. The normalized spacial score (nSPS) is 12.0. The molecule has 0 heterocycles. The van der Waals surface area contributed by atoms with E-state index < -0.39 is 17.4 Å². The smallest absolute Gasteiger partial charge is 0.326 e. The number of halogens is 1. The molecular weight excluding hydrogens is 537 g/mol. The van der Waals surface area contributed by atoms with Crippen molar-refractivity contribution in [3.05, 3.63) is 141 Å². The molecule has 0 aromatic heterocycles. The maximum atomic E-state index is 14.3. The Kier molecular flexibility index (Phi) is 7.43. The van der Waals surface area contributed by atoms with Crippen molar-refractivity contribution in [3.8, 4) is 0 Å². The van der Waals surface area contributed by atoms with Gasteiger partial charge < -0.3 is 10.4 Å². The Morgan fingerprint density at radius 2 is 1.21 bits per heavy atom. The number of rotatable bonds is 8. The fourth-order valence-electron chi connectivity index (χ4n) is 4.32. The highest BCUT2D eigenvalue weighted by molar-refractivity contribution is 14.1. The molecule has 0 spiro atoms.